The molecule has 0 spiro atoms. The Labute approximate surface area is 130 Å². The lowest BCUT2D eigenvalue weighted by Crippen LogP contribution is -2.36. The molecule has 1 aliphatic rings. The molecule has 0 radical (unpaired) electrons. The van der Waals surface area contributed by atoms with E-state index < -0.39 is 0 Å². The maximum absolute atomic E-state index is 14.0. The minimum atomic E-state index is -0.291. The predicted octanol–water partition coefficient (Wildman–Crippen LogP) is 2.77. The van der Waals surface area contributed by atoms with Gasteiger partial charge in [-0.2, -0.15) is 0 Å². The number of piperidine rings is 1. The largest absolute Gasteiger partial charge is 0.356 e. The number of aromatic nitrogens is 2. The second kappa shape index (κ2) is 6.40. The van der Waals surface area contributed by atoms with E-state index >= 15 is 0 Å². The van der Waals surface area contributed by atoms with Crippen molar-refractivity contribution in [3.05, 3.63) is 41.8 Å². The fourth-order valence-electron chi connectivity index (χ4n) is 2.87. The van der Waals surface area contributed by atoms with Gasteiger partial charge >= 0.3 is 0 Å². The van der Waals surface area contributed by atoms with Crippen LogP contribution in [-0.4, -0.2) is 29.6 Å². The summed E-state index contributed by atoms with van der Waals surface area (Å²) in [6.45, 7) is 4.54. The first-order valence-corrected chi connectivity index (χ1v) is 7.73. The van der Waals surface area contributed by atoms with E-state index in [9.17, 15) is 4.39 Å². The van der Waals surface area contributed by atoms with E-state index in [1.165, 1.54) is 6.07 Å². The van der Waals surface area contributed by atoms with Gasteiger partial charge in [0.15, 0.2) is 5.82 Å². The standard InChI is InChI=1S/C17H21FN4/c1-12-10-16(22-8-6-13(11-19)7-9-22)21-17(20-12)14-4-2-3-5-15(14)18/h2-5,10,13H,6-9,11,19H2,1H3. The van der Waals surface area contributed by atoms with Crippen molar-refractivity contribution in [2.24, 2.45) is 11.7 Å². The Morgan fingerprint density at radius 1 is 1.23 bits per heavy atom. The first-order chi connectivity index (χ1) is 10.7. The number of hydrogen-bond acceptors (Lipinski definition) is 4. The summed E-state index contributed by atoms with van der Waals surface area (Å²) >= 11 is 0. The molecular weight excluding hydrogens is 279 g/mol. The van der Waals surface area contributed by atoms with Crippen LogP contribution in [-0.2, 0) is 0 Å². The van der Waals surface area contributed by atoms with Gasteiger partial charge in [-0.1, -0.05) is 12.1 Å². The molecule has 3 rings (SSSR count). The summed E-state index contributed by atoms with van der Waals surface area (Å²) in [6.07, 6.45) is 2.16. The molecule has 0 unspecified atom stereocenters. The Morgan fingerprint density at radius 3 is 2.64 bits per heavy atom. The summed E-state index contributed by atoms with van der Waals surface area (Å²) < 4.78 is 14.0. The van der Waals surface area contributed by atoms with Crippen molar-refractivity contribution in [2.75, 3.05) is 24.5 Å². The predicted molar refractivity (Wildman–Crippen MR) is 86.2 cm³/mol. The second-order valence-corrected chi connectivity index (χ2v) is 5.84. The zero-order chi connectivity index (χ0) is 15.5. The molecule has 4 nitrogen and oxygen atoms in total. The van der Waals surface area contributed by atoms with Crippen LogP contribution in [0.4, 0.5) is 10.2 Å². The van der Waals surface area contributed by atoms with Crippen LogP contribution in [0.25, 0.3) is 11.4 Å². The van der Waals surface area contributed by atoms with Gasteiger partial charge in [-0.25, -0.2) is 14.4 Å². The minimum absolute atomic E-state index is 0.291. The molecule has 22 heavy (non-hydrogen) atoms. The quantitative estimate of drug-likeness (QED) is 0.947. The zero-order valence-corrected chi connectivity index (χ0v) is 12.8. The van der Waals surface area contributed by atoms with Crippen LogP contribution in [0, 0.1) is 18.7 Å². The summed E-state index contributed by atoms with van der Waals surface area (Å²) in [5, 5.41) is 0. The third-order valence-corrected chi connectivity index (χ3v) is 4.23. The highest BCUT2D eigenvalue weighted by Gasteiger charge is 2.20. The van der Waals surface area contributed by atoms with E-state index in [0.717, 1.165) is 44.0 Å². The van der Waals surface area contributed by atoms with E-state index in [1.54, 1.807) is 18.2 Å². The lowest BCUT2D eigenvalue weighted by Gasteiger charge is -2.32. The van der Waals surface area contributed by atoms with Crippen LogP contribution in [0.15, 0.2) is 30.3 Å². The normalized spacial score (nSPS) is 16.0. The minimum Gasteiger partial charge on any atom is -0.356 e. The molecule has 0 bridgehead atoms. The number of nitrogens with zero attached hydrogens (tertiary/aromatic N) is 3. The molecule has 1 aromatic heterocycles. The Hall–Kier alpha value is -2.01. The van der Waals surface area contributed by atoms with Gasteiger partial charge in [-0.15, -0.1) is 0 Å². The number of nitrogens with two attached hydrogens (primary N) is 1. The molecule has 1 aliphatic heterocycles. The van der Waals surface area contributed by atoms with Crippen molar-refractivity contribution in [1.82, 2.24) is 9.97 Å². The monoisotopic (exact) mass is 300 g/mol. The van der Waals surface area contributed by atoms with Crippen LogP contribution in [0.2, 0.25) is 0 Å². The lowest BCUT2D eigenvalue weighted by atomic mass is 9.97. The fourth-order valence-corrected chi connectivity index (χ4v) is 2.87. The van der Waals surface area contributed by atoms with Gasteiger partial charge in [0.05, 0.1) is 5.56 Å². The maximum Gasteiger partial charge on any atom is 0.164 e. The number of halogens is 1. The third-order valence-electron chi connectivity index (χ3n) is 4.23. The SMILES string of the molecule is Cc1cc(N2CCC(CN)CC2)nc(-c2ccccc2F)n1. The number of rotatable bonds is 3. The van der Waals surface area contributed by atoms with Gasteiger partial charge < -0.3 is 10.6 Å². The zero-order valence-electron chi connectivity index (χ0n) is 12.8. The Bertz CT molecular complexity index is 651. The molecule has 0 atom stereocenters. The van der Waals surface area contributed by atoms with Gasteiger partial charge in [-0.3, -0.25) is 0 Å². The molecule has 2 aromatic rings. The van der Waals surface area contributed by atoms with Crippen LogP contribution in [0.5, 0.6) is 0 Å². The summed E-state index contributed by atoms with van der Waals surface area (Å²) in [5.74, 6) is 1.64. The van der Waals surface area contributed by atoms with E-state index in [0.29, 0.717) is 17.3 Å². The third kappa shape index (κ3) is 3.09. The first kappa shape index (κ1) is 14.9. The number of benzene rings is 1. The smallest absolute Gasteiger partial charge is 0.164 e. The maximum atomic E-state index is 14.0. The molecule has 1 fully saturated rings. The van der Waals surface area contributed by atoms with Gasteiger partial charge in [0.25, 0.3) is 0 Å². The van der Waals surface area contributed by atoms with Crippen molar-refractivity contribution >= 4 is 5.82 Å². The van der Waals surface area contributed by atoms with Crippen molar-refractivity contribution in [3.8, 4) is 11.4 Å². The Kier molecular flexibility index (Phi) is 4.34. The van der Waals surface area contributed by atoms with Crippen molar-refractivity contribution in [3.63, 3.8) is 0 Å². The fraction of sp³-hybridized carbons (Fsp3) is 0.412. The van der Waals surface area contributed by atoms with E-state index in [4.69, 9.17) is 5.73 Å². The van der Waals surface area contributed by atoms with Crippen LogP contribution in [0.3, 0.4) is 0 Å². The Balaban J connectivity index is 1.89. The molecule has 0 saturated carbocycles. The second-order valence-electron chi connectivity index (χ2n) is 5.84. The molecule has 5 heteroatoms. The summed E-state index contributed by atoms with van der Waals surface area (Å²) in [5.41, 5.74) is 7.04. The van der Waals surface area contributed by atoms with Crippen molar-refractivity contribution in [2.45, 2.75) is 19.8 Å². The van der Waals surface area contributed by atoms with Crippen LogP contribution in [0.1, 0.15) is 18.5 Å². The number of aryl methyl sites for hydroxylation is 1. The first-order valence-electron chi connectivity index (χ1n) is 7.73. The van der Waals surface area contributed by atoms with Crippen molar-refractivity contribution in [1.29, 1.82) is 0 Å². The van der Waals surface area contributed by atoms with Gasteiger partial charge in [0.1, 0.15) is 11.6 Å². The summed E-state index contributed by atoms with van der Waals surface area (Å²) in [7, 11) is 0. The van der Waals surface area contributed by atoms with Gasteiger partial charge in [0.2, 0.25) is 0 Å². The molecule has 116 valence electrons. The topological polar surface area (TPSA) is 55.0 Å². The van der Waals surface area contributed by atoms with E-state index in [-0.39, 0.29) is 5.82 Å². The molecule has 1 aromatic carbocycles. The average molecular weight is 300 g/mol. The molecular formula is C17H21FN4. The molecule has 2 N–H and O–H groups in total. The van der Waals surface area contributed by atoms with Gasteiger partial charge in [0, 0.05) is 24.8 Å². The van der Waals surface area contributed by atoms with Crippen LogP contribution < -0.4 is 10.6 Å². The lowest BCUT2D eigenvalue weighted by molar-refractivity contribution is 0.413. The summed E-state index contributed by atoms with van der Waals surface area (Å²) in [6, 6.07) is 8.60. The van der Waals surface area contributed by atoms with E-state index in [1.807, 2.05) is 13.0 Å². The van der Waals surface area contributed by atoms with Crippen molar-refractivity contribution < 1.29 is 4.39 Å². The average Bonchev–Trinajstić information content (AvgIpc) is 2.55. The van der Waals surface area contributed by atoms with Gasteiger partial charge in [-0.05, 0) is 44.4 Å². The highest BCUT2D eigenvalue weighted by Crippen LogP contribution is 2.25. The highest BCUT2D eigenvalue weighted by molar-refractivity contribution is 5.58. The van der Waals surface area contributed by atoms with E-state index in [2.05, 4.69) is 14.9 Å². The molecule has 0 aliphatic carbocycles. The Morgan fingerprint density at radius 2 is 1.95 bits per heavy atom. The number of hydrogen-bond donors (Lipinski definition) is 1. The molecule has 1 saturated heterocycles. The molecule has 0 amide bonds. The molecule has 2 heterocycles. The van der Waals surface area contributed by atoms with Crippen LogP contribution >= 0.6 is 0 Å². The number of anilines is 1. The highest BCUT2D eigenvalue weighted by atomic mass is 19.1. The summed E-state index contributed by atoms with van der Waals surface area (Å²) in [4.78, 5) is 11.2.